The van der Waals surface area contributed by atoms with Gasteiger partial charge < -0.3 is 9.84 Å². The normalized spacial score (nSPS) is 9.73. The second-order valence-electron chi connectivity index (χ2n) is 2.54. The number of aromatic carboxylic acids is 1. The van der Waals surface area contributed by atoms with Crippen LogP contribution >= 0.6 is 11.6 Å². The predicted octanol–water partition coefficient (Wildman–Crippen LogP) is 1.61. The van der Waals surface area contributed by atoms with Crippen LogP contribution in [0.2, 0.25) is 5.02 Å². The zero-order valence-corrected chi connectivity index (χ0v) is 8.61. The maximum Gasteiger partial charge on any atom is 0.357 e. The summed E-state index contributed by atoms with van der Waals surface area (Å²) < 4.78 is 4.65. The first-order valence-electron chi connectivity index (χ1n) is 4.12. The fraction of sp³-hybridized carbons (Fsp3) is 0.222. The lowest BCUT2D eigenvalue weighted by atomic mass is 10.2. The number of nitrogens with zero attached hydrogens (tertiary/aromatic N) is 1. The van der Waals surface area contributed by atoms with Crippen LogP contribution in [0.4, 0.5) is 0 Å². The molecule has 1 rings (SSSR count). The lowest BCUT2D eigenvalue weighted by Gasteiger charge is -2.05. The van der Waals surface area contributed by atoms with E-state index in [0.29, 0.717) is 0 Å². The molecule has 15 heavy (non-hydrogen) atoms. The van der Waals surface area contributed by atoms with Crippen molar-refractivity contribution in [2.45, 2.75) is 6.92 Å². The number of hydrogen-bond acceptors (Lipinski definition) is 4. The van der Waals surface area contributed by atoms with E-state index in [1.54, 1.807) is 6.92 Å². The highest BCUT2D eigenvalue weighted by Crippen LogP contribution is 2.18. The topological polar surface area (TPSA) is 76.5 Å². The highest BCUT2D eigenvalue weighted by atomic mass is 35.5. The molecule has 0 atom stereocenters. The molecule has 0 unspecified atom stereocenters. The Hall–Kier alpha value is -1.62. The van der Waals surface area contributed by atoms with Crippen molar-refractivity contribution in [2.24, 2.45) is 0 Å². The van der Waals surface area contributed by atoms with E-state index in [0.717, 1.165) is 0 Å². The molecule has 0 amide bonds. The molecular weight excluding hydrogens is 222 g/mol. The molecule has 1 aromatic rings. The van der Waals surface area contributed by atoms with Gasteiger partial charge in [0.05, 0.1) is 11.6 Å². The molecule has 1 aromatic heterocycles. The minimum Gasteiger partial charge on any atom is -0.478 e. The molecular formula is C9H8ClNO4. The number of carboxylic acid groups (broad SMARTS) is 1. The molecule has 6 heteroatoms. The average molecular weight is 230 g/mol. The van der Waals surface area contributed by atoms with Gasteiger partial charge in [-0.3, -0.25) is 0 Å². The SMILES string of the molecule is CCOC(=O)c1nccc(Cl)c1C(=O)O. The van der Waals surface area contributed by atoms with Gasteiger partial charge in [0.1, 0.15) is 5.56 Å². The molecule has 1 N–H and O–H groups in total. The Labute approximate surface area is 90.6 Å². The Kier molecular flexibility index (Phi) is 3.62. The third kappa shape index (κ3) is 2.44. The summed E-state index contributed by atoms with van der Waals surface area (Å²) in [6.45, 7) is 1.76. The second-order valence-corrected chi connectivity index (χ2v) is 2.95. The lowest BCUT2D eigenvalue weighted by molar-refractivity contribution is 0.0507. The lowest BCUT2D eigenvalue weighted by Crippen LogP contribution is -2.14. The summed E-state index contributed by atoms with van der Waals surface area (Å²) >= 11 is 5.64. The Morgan fingerprint density at radius 3 is 2.80 bits per heavy atom. The fourth-order valence-corrected chi connectivity index (χ4v) is 1.22. The van der Waals surface area contributed by atoms with Crippen molar-refractivity contribution in [3.05, 3.63) is 28.5 Å². The van der Waals surface area contributed by atoms with Crippen LogP contribution in [0.5, 0.6) is 0 Å². The van der Waals surface area contributed by atoms with Gasteiger partial charge in [-0.25, -0.2) is 14.6 Å². The summed E-state index contributed by atoms with van der Waals surface area (Å²) in [4.78, 5) is 25.8. The van der Waals surface area contributed by atoms with E-state index in [-0.39, 0.29) is 22.9 Å². The Morgan fingerprint density at radius 2 is 2.27 bits per heavy atom. The number of rotatable bonds is 3. The van der Waals surface area contributed by atoms with Gasteiger partial charge in [-0.15, -0.1) is 0 Å². The first-order valence-corrected chi connectivity index (χ1v) is 4.50. The molecule has 5 nitrogen and oxygen atoms in total. The first kappa shape index (κ1) is 11.5. The summed E-state index contributed by atoms with van der Waals surface area (Å²) in [7, 11) is 0. The number of carbonyl (C=O) groups excluding carboxylic acids is 1. The van der Waals surface area contributed by atoms with Crippen molar-refractivity contribution < 1.29 is 19.4 Å². The molecule has 1 heterocycles. The monoisotopic (exact) mass is 229 g/mol. The molecule has 0 bridgehead atoms. The number of halogens is 1. The summed E-state index contributed by atoms with van der Waals surface area (Å²) in [5.74, 6) is -2.10. The van der Waals surface area contributed by atoms with E-state index in [4.69, 9.17) is 16.7 Å². The molecule has 0 aliphatic heterocycles. The fourth-order valence-electron chi connectivity index (χ4n) is 0.996. The maximum atomic E-state index is 11.3. The highest BCUT2D eigenvalue weighted by Gasteiger charge is 2.21. The first-order chi connectivity index (χ1) is 7.07. The van der Waals surface area contributed by atoms with E-state index in [1.807, 2.05) is 0 Å². The summed E-state index contributed by atoms with van der Waals surface area (Å²) in [6, 6.07) is 1.30. The van der Waals surface area contributed by atoms with E-state index in [2.05, 4.69) is 9.72 Å². The molecule has 0 saturated heterocycles. The van der Waals surface area contributed by atoms with E-state index in [9.17, 15) is 9.59 Å². The molecule has 80 valence electrons. The van der Waals surface area contributed by atoms with Crippen molar-refractivity contribution in [2.75, 3.05) is 6.61 Å². The number of esters is 1. The predicted molar refractivity (Wildman–Crippen MR) is 52.2 cm³/mol. The van der Waals surface area contributed by atoms with Crippen LogP contribution < -0.4 is 0 Å². The number of carboxylic acids is 1. The average Bonchev–Trinajstić information content (AvgIpc) is 2.17. The molecule has 0 radical (unpaired) electrons. The van der Waals surface area contributed by atoms with Crippen LogP contribution in [0.3, 0.4) is 0 Å². The van der Waals surface area contributed by atoms with Crippen LogP contribution in [0.15, 0.2) is 12.3 Å². The second kappa shape index (κ2) is 4.75. The Morgan fingerprint density at radius 1 is 1.60 bits per heavy atom. The van der Waals surface area contributed by atoms with E-state index in [1.165, 1.54) is 12.3 Å². The van der Waals surface area contributed by atoms with Crippen LogP contribution in [0, 0.1) is 0 Å². The number of pyridine rings is 1. The molecule has 0 spiro atoms. The van der Waals surface area contributed by atoms with Gasteiger partial charge in [0, 0.05) is 6.20 Å². The minimum absolute atomic E-state index is 0.0412. The van der Waals surface area contributed by atoms with Gasteiger partial charge in [-0.1, -0.05) is 11.6 Å². The van der Waals surface area contributed by atoms with E-state index < -0.39 is 11.9 Å². The van der Waals surface area contributed by atoms with Gasteiger partial charge in [0.2, 0.25) is 0 Å². The van der Waals surface area contributed by atoms with Gasteiger partial charge >= 0.3 is 11.9 Å². The number of hydrogen-bond donors (Lipinski definition) is 1. The van der Waals surface area contributed by atoms with Gasteiger partial charge in [-0.2, -0.15) is 0 Å². The van der Waals surface area contributed by atoms with Crippen LogP contribution in [-0.2, 0) is 4.74 Å². The van der Waals surface area contributed by atoms with Crippen LogP contribution in [-0.4, -0.2) is 28.6 Å². The smallest absolute Gasteiger partial charge is 0.357 e. The third-order valence-electron chi connectivity index (χ3n) is 1.58. The Bertz CT molecular complexity index is 405. The standard InChI is InChI=1S/C9H8ClNO4/c1-2-15-9(14)7-6(8(12)13)5(10)3-4-11-7/h3-4H,2H2,1H3,(H,12,13). The quantitative estimate of drug-likeness (QED) is 0.797. The molecule has 0 aromatic carbocycles. The molecule has 0 fully saturated rings. The Balaban J connectivity index is 3.23. The zero-order valence-electron chi connectivity index (χ0n) is 7.86. The summed E-state index contributed by atoms with van der Waals surface area (Å²) in [5.41, 5.74) is -0.616. The van der Waals surface area contributed by atoms with Crippen LogP contribution in [0.25, 0.3) is 0 Å². The molecule has 0 aliphatic rings. The van der Waals surface area contributed by atoms with Gasteiger partial charge in [0.25, 0.3) is 0 Å². The number of carbonyl (C=O) groups is 2. The zero-order chi connectivity index (χ0) is 11.4. The van der Waals surface area contributed by atoms with Crippen molar-refractivity contribution >= 4 is 23.5 Å². The van der Waals surface area contributed by atoms with E-state index >= 15 is 0 Å². The third-order valence-corrected chi connectivity index (χ3v) is 1.90. The largest absolute Gasteiger partial charge is 0.478 e. The number of aromatic nitrogens is 1. The van der Waals surface area contributed by atoms with Crippen LogP contribution in [0.1, 0.15) is 27.8 Å². The summed E-state index contributed by atoms with van der Waals surface area (Å²) in [6.07, 6.45) is 1.25. The minimum atomic E-state index is -1.31. The van der Waals surface area contributed by atoms with Crippen molar-refractivity contribution in [1.82, 2.24) is 4.98 Å². The highest BCUT2D eigenvalue weighted by molar-refractivity contribution is 6.34. The van der Waals surface area contributed by atoms with Crippen molar-refractivity contribution in [3.8, 4) is 0 Å². The maximum absolute atomic E-state index is 11.3. The van der Waals surface area contributed by atoms with Crippen molar-refractivity contribution in [1.29, 1.82) is 0 Å². The molecule has 0 aliphatic carbocycles. The van der Waals surface area contributed by atoms with Gasteiger partial charge in [-0.05, 0) is 13.0 Å². The summed E-state index contributed by atoms with van der Waals surface area (Å²) in [5, 5.41) is 8.79. The molecule has 0 saturated carbocycles. The number of ether oxygens (including phenoxy) is 1. The van der Waals surface area contributed by atoms with Gasteiger partial charge in [0.15, 0.2) is 5.69 Å². The van der Waals surface area contributed by atoms with Crippen molar-refractivity contribution in [3.63, 3.8) is 0 Å².